The van der Waals surface area contributed by atoms with Gasteiger partial charge in [-0.15, -0.1) is 0 Å². The number of anilines is 2. The molecule has 4 nitrogen and oxygen atoms in total. The van der Waals surface area contributed by atoms with Gasteiger partial charge in [0, 0.05) is 44.2 Å². The Morgan fingerprint density at radius 2 is 1.40 bits per heavy atom. The van der Waals surface area contributed by atoms with Gasteiger partial charge in [0.05, 0.1) is 6.61 Å². The number of rotatable bonds is 6. The molecule has 2 N–H and O–H groups in total. The molecule has 0 amide bonds. The van der Waals surface area contributed by atoms with Crippen molar-refractivity contribution in [2.45, 2.75) is 0 Å². The Kier molecular flexibility index (Phi) is 8.46. The third kappa shape index (κ3) is 5.62. The zero-order valence-electron chi connectivity index (χ0n) is 18.1. The van der Waals surface area contributed by atoms with E-state index in [1.807, 2.05) is 0 Å². The zero-order valence-corrected chi connectivity index (χ0v) is 18.8. The summed E-state index contributed by atoms with van der Waals surface area (Å²) in [6.07, 6.45) is 8.67. The Morgan fingerprint density at radius 3 is 1.87 bits per heavy atom. The molecular weight excluding hydrogens is 394 g/mol. The monoisotopic (exact) mass is 423 g/mol. The summed E-state index contributed by atoms with van der Waals surface area (Å²) in [7, 11) is 8.21. The van der Waals surface area contributed by atoms with Crippen LogP contribution in [0.2, 0.25) is 0 Å². The van der Waals surface area contributed by atoms with Crippen molar-refractivity contribution < 1.29 is 22.1 Å². The molecule has 0 radical (unpaired) electrons. The maximum absolute atomic E-state index is 9.02. The van der Waals surface area contributed by atoms with E-state index in [0.717, 1.165) is 11.3 Å². The zero-order chi connectivity index (χ0) is 20.8. The third-order valence-corrected chi connectivity index (χ3v) is 4.96. The van der Waals surface area contributed by atoms with Gasteiger partial charge in [-0.2, -0.15) is 0 Å². The smallest absolute Gasteiger partial charge is 0.199 e. The second kappa shape index (κ2) is 10.8. The van der Waals surface area contributed by atoms with Crippen LogP contribution < -0.4 is 22.6 Å². The Labute approximate surface area is 186 Å². The number of hydrogen-bond acceptors (Lipinski definition) is 3. The van der Waals surface area contributed by atoms with Gasteiger partial charge in [0.25, 0.3) is 0 Å². The standard InChI is InChI=1S/C25H29N3O.ClH/c1-27(2)23-13-7-20(8-14-23)25(21-9-15-24(16-10-21)28(3)4)19-5-11-22(12-6-19)26-17-18-29;/h5-16,29H,17-18H2,1-4H3;1H. The van der Waals surface area contributed by atoms with Gasteiger partial charge >= 0.3 is 0 Å². The van der Waals surface area contributed by atoms with Crippen LogP contribution in [0.25, 0.3) is 5.57 Å². The van der Waals surface area contributed by atoms with Gasteiger partial charge in [-0.25, -0.2) is 4.58 Å². The number of benzene rings is 2. The number of halogens is 1. The van der Waals surface area contributed by atoms with Gasteiger partial charge in [-0.05, 0) is 58.7 Å². The van der Waals surface area contributed by atoms with Crippen molar-refractivity contribution in [2.24, 2.45) is 0 Å². The summed E-state index contributed by atoms with van der Waals surface area (Å²) in [6.45, 7) is 0.670. The molecule has 3 rings (SSSR count). The van der Waals surface area contributed by atoms with Gasteiger partial charge < -0.3 is 27.7 Å². The van der Waals surface area contributed by atoms with E-state index < -0.39 is 0 Å². The Hall–Kier alpha value is -2.82. The van der Waals surface area contributed by atoms with Gasteiger partial charge in [0.2, 0.25) is 0 Å². The molecule has 1 aliphatic rings. The quantitative estimate of drug-likeness (QED) is 0.675. The number of aliphatic hydroxyl groups is 1. The van der Waals surface area contributed by atoms with E-state index in [-0.39, 0.29) is 19.0 Å². The molecule has 0 bridgehead atoms. The molecule has 0 spiro atoms. The highest BCUT2D eigenvalue weighted by atomic mass is 35.5. The summed E-state index contributed by atoms with van der Waals surface area (Å²) >= 11 is 0. The third-order valence-electron chi connectivity index (χ3n) is 4.96. The molecule has 2 aromatic rings. The van der Waals surface area contributed by atoms with E-state index in [1.165, 1.54) is 28.1 Å². The van der Waals surface area contributed by atoms with Crippen LogP contribution in [0.5, 0.6) is 0 Å². The van der Waals surface area contributed by atoms with E-state index in [2.05, 4.69) is 116 Å². The van der Waals surface area contributed by atoms with Crippen molar-refractivity contribution in [3.63, 3.8) is 0 Å². The minimum atomic E-state index is 0. The molecule has 0 heterocycles. The lowest BCUT2D eigenvalue weighted by molar-refractivity contribution is -0.462. The van der Waals surface area contributed by atoms with Crippen LogP contribution >= 0.6 is 0 Å². The van der Waals surface area contributed by atoms with Crippen LogP contribution in [0.15, 0.2) is 78.4 Å². The lowest BCUT2D eigenvalue weighted by Gasteiger charge is -2.17. The molecular formula is C25H30ClN3O. The van der Waals surface area contributed by atoms with Crippen molar-refractivity contribution in [3.8, 4) is 0 Å². The Bertz CT molecular complexity index is 946. The molecule has 0 aliphatic heterocycles. The molecule has 0 fully saturated rings. The SMILES string of the molecule is CN(C)c1ccc(C(=C2C=CC(=[N+](C)C)C=C2)c2ccc(NCCO)cc2)cc1.[Cl-]. The van der Waals surface area contributed by atoms with Gasteiger partial charge in [-0.1, -0.05) is 24.3 Å². The second-order valence-corrected chi connectivity index (χ2v) is 7.49. The van der Waals surface area contributed by atoms with Crippen LogP contribution in [0.1, 0.15) is 11.1 Å². The number of hydrogen-bond donors (Lipinski definition) is 2. The topological polar surface area (TPSA) is 38.5 Å². The first-order valence-electron chi connectivity index (χ1n) is 9.87. The highest BCUT2D eigenvalue weighted by molar-refractivity contribution is 6.04. The summed E-state index contributed by atoms with van der Waals surface area (Å²) in [6, 6.07) is 17.1. The molecule has 158 valence electrons. The fourth-order valence-corrected chi connectivity index (χ4v) is 3.31. The largest absolute Gasteiger partial charge is 1.00 e. The number of nitrogens with one attached hydrogen (secondary N) is 1. The fraction of sp³-hybridized carbons (Fsp3) is 0.240. The van der Waals surface area contributed by atoms with E-state index in [9.17, 15) is 0 Å². The van der Waals surface area contributed by atoms with Crippen molar-refractivity contribution in [3.05, 3.63) is 89.5 Å². The molecule has 0 saturated carbocycles. The van der Waals surface area contributed by atoms with Crippen LogP contribution in [-0.4, -0.2) is 56.7 Å². The van der Waals surface area contributed by atoms with Gasteiger partial charge in [-0.3, -0.25) is 0 Å². The van der Waals surface area contributed by atoms with Crippen molar-refractivity contribution in [1.29, 1.82) is 0 Å². The molecule has 2 aromatic carbocycles. The molecule has 0 aromatic heterocycles. The van der Waals surface area contributed by atoms with Crippen LogP contribution in [0.3, 0.4) is 0 Å². The highest BCUT2D eigenvalue weighted by Gasteiger charge is 2.13. The van der Waals surface area contributed by atoms with E-state index in [4.69, 9.17) is 5.11 Å². The van der Waals surface area contributed by atoms with Crippen molar-refractivity contribution >= 4 is 22.7 Å². The first-order chi connectivity index (χ1) is 14.0. The summed E-state index contributed by atoms with van der Waals surface area (Å²) in [5, 5.41) is 12.2. The van der Waals surface area contributed by atoms with Crippen LogP contribution in [0, 0.1) is 0 Å². The second-order valence-electron chi connectivity index (χ2n) is 7.49. The van der Waals surface area contributed by atoms with Crippen molar-refractivity contribution in [2.75, 3.05) is 51.6 Å². The number of aliphatic hydroxyl groups excluding tert-OH is 1. The number of allylic oxidation sites excluding steroid dienone is 5. The van der Waals surface area contributed by atoms with E-state index in [1.54, 1.807) is 0 Å². The molecule has 1 aliphatic carbocycles. The summed E-state index contributed by atoms with van der Waals surface area (Å²) in [5.74, 6) is 0. The average Bonchev–Trinajstić information content (AvgIpc) is 2.74. The highest BCUT2D eigenvalue weighted by Crippen LogP contribution is 2.31. The predicted octanol–water partition coefficient (Wildman–Crippen LogP) is 0.802. The predicted molar refractivity (Wildman–Crippen MR) is 124 cm³/mol. The van der Waals surface area contributed by atoms with E-state index >= 15 is 0 Å². The Balaban J connectivity index is 0.00000320. The first-order valence-corrected chi connectivity index (χ1v) is 9.87. The summed E-state index contributed by atoms with van der Waals surface area (Å²) in [5.41, 5.74) is 8.10. The average molecular weight is 424 g/mol. The maximum Gasteiger partial charge on any atom is 0.199 e. The maximum atomic E-state index is 9.02. The summed E-state index contributed by atoms with van der Waals surface area (Å²) < 4.78 is 2.11. The minimum Gasteiger partial charge on any atom is -1.00 e. The lowest BCUT2D eigenvalue weighted by atomic mass is 9.90. The van der Waals surface area contributed by atoms with Gasteiger partial charge in [0.15, 0.2) is 5.71 Å². The number of nitrogens with zero attached hydrogens (tertiary/aromatic N) is 2. The van der Waals surface area contributed by atoms with Crippen LogP contribution in [0.4, 0.5) is 11.4 Å². The molecule has 0 unspecified atom stereocenters. The molecule has 30 heavy (non-hydrogen) atoms. The minimum absolute atomic E-state index is 0. The Morgan fingerprint density at radius 1 is 0.867 bits per heavy atom. The normalized spacial score (nSPS) is 12.4. The first kappa shape index (κ1) is 23.5. The summed E-state index contributed by atoms with van der Waals surface area (Å²) in [4.78, 5) is 2.11. The lowest BCUT2D eigenvalue weighted by Crippen LogP contribution is -3.00. The molecule has 5 heteroatoms. The fourth-order valence-electron chi connectivity index (χ4n) is 3.31. The van der Waals surface area contributed by atoms with Gasteiger partial charge in [0.1, 0.15) is 14.1 Å². The van der Waals surface area contributed by atoms with Crippen molar-refractivity contribution in [1.82, 2.24) is 0 Å². The van der Waals surface area contributed by atoms with Crippen LogP contribution in [-0.2, 0) is 0 Å². The van der Waals surface area contributed by atoms with E-state index in [0.29, 0.717) is 6.54 Å². The molecule has 0 saturated heterocycles. The molecule has 0 atom stereocenters.